The van der Waals surface area contributed by atoms with E-state index >= 15 is 0 Å². The zero-order chi connectivity index (χ0) is 40.3. The maximum atomic E-state index is 5.31. The topological polar surface area (TPSA) is 25.8 Å². The fourth-order valence-corrected chi connectivity index (χ4v) is 10.4. The number of thiophene rings is 1. The number of hydrogen-bond donors (Lipinski definition) is 0. The van der Waals surface area contributed by atoms with Gasteiger partial charge in [0.15, 0.2) is 0 Å². The minimum Gasteiger partial charge on any atom is -0.252 e. The molecule has 0 bridgehead atoms. The van der Waals surface area contributed by atoms with Crippen molar-refractivity contribution in [2.45, 2.75) is 0 Å². The lowest BCUT2D eigenvalue weighted by Gasteiger charge is -2.12. The summed E-state index contributed by atoms with van der Waals surface area (Å²) in [5.74, 6) is 0. The maximum absolute atomic E-state index is 5.31. The monoisotopic (exact) mass is 792 g/mol. The highest BCUT2D eigenvalue weighted by Gasteiger charge is 2.19. The van der Waals surface area contributed by atoms with E-state index in [1.807, 2.05) is 17.5 Å². The first-order valence-electron chi connectivity index (χ1n) is 20.7. The van der Waals surface area contributed by atoms with Crippen LogP contribution in [0, 0.1) is 0 Å². The summed E-state index contributed by atoms with van der Waals surface area (Å²) >= 11 is 1.90. The summed E-state index contributed by atoms with van der Waals surface area (Å²) in [6.45, 7) is 0. The van der Waals surface area contributed by atoms with Crippen LogP contribution < -0.4 is 0 Å². The number of nitrogens with zero attached hydrogens (tertiary/aromatic N) is 2. The summed E-state index contributed by atoms with van der Waals surface area (Å²) in [6, 6.07) is 76.7. The lowest BCUT2D eigenvalue weighted by molar-refractivity contribution is 1.31. The predicted molar refractivity (Wildman–Crippen MR) is 260 cm³/mol. The van der Waals surface area contributed by atoms with Gasteiger partial charge in [0.1, 0.15) is 0 Å². The van der Waals surface area contributed by atoms with Crippen LogP contribution in [0.2, 0.25) is 0 Å². The SMILES string of the molecule is c1ccc(-c2cc(-c3ccccc3)c3sc4c(-c5cccc(-c6cccc(-c7cnc8c9ccccc9c9ccccc9c8n7)c6)c5)cc(-c5ccccc5)cc4c3c2)cc1. The molecule has 0 aliphatic heterocycles. The Hall–Kier alpha value is -7.72. The van der Waals surface area contributed by atoms with Crippen LogP contribution in [0.1, 0.15) is 0 Å². The van der Waals surface area contributed by atoms with Gasteiger partial charge in [-0.15, -0.1) is 11.3 Å². The van der Waals surface area contributed by atoms with Crippen molar-refractivity contribution < 1.29 is 0 Å². The van der Waals surface area contributed by atoms with Crippen molar-refractivity contribution in [2.24, 2.45) is 0 Å². The highest BCUT2D eigenvalue weighted by Crippen LogP contribution is 2.48. The smallest absolute Gasteiger partial charge is 0.0979 e. The van der Waals surface area contributed by atoms with E-state index in [-0.39, 0.29) is 0 Å². The molecule has 61 heavy (non-hydrogen) atoms. The van der Waals surface area contributed by atoms with Gasteiger partial charge in [-0.05, 0) is 91.7 Å². The minimum absolute atomic E-state index is 0.859. The van der Waals surface area contributed by atoms with Crippen LogP contribution in [0.3, 0.4) is 0 Å². The highest BCUT2D eigenvalue weighted by molar-refractivity contribution is 7.27. The van der Waals surface area contributed by atoms with Gasteiger partial charge in [0.05, 0.1) is 22.9 Å². The minimum atomic E-state index is 0.859. The summed E-state index contributed by atoms with van der Waals surface area (Å²) in [5.41, 5.74) is 15.8. The highest BCUT2D eigenvalue weighted by atomic mass is 32.1. The molecule has 2 nitrogen and oxygen atoms in total. The Bertz CT molecular complexity index is 3590. The molecule has 0 unspecified atom stereocenters. The third kappa shape index (κ3) is 6.09. The summed E-state index contributed by atoms with van der Waals surface area (Å²) < 4.78 is 2.59. The van der Waals surface area contributed by atoms with Gasteiger partial charge in [0.25, 0.3) is 0 Å². The Labute approximate surface area is 357 Å². The Morgan fingerprint density at radius 2 is 0.705 bits per heavy atom. The predicted octanol–water partition coefficient (Wildman–Crippen LogP) is 16.3. The van der Waals surface area contributed by atoms with E-state index in [1.165, 1.54) is 75.5 Å². The van der Waals surface area contributed by atoms with Crippen LogP contribution in [0.4, 0.5) is 0 Å². The molecule has 284 valence electrons. The van der Waals surface area contributed by atoms with E-state index < -0.39 is 0 Å². The third-order valence-corrected chi connectivity index (χ3v) is 13.4. The van der Waals surface area contributed by atoms with Crippen LogP contribution in [-0.2, 0) is 0 Å². The average molecular weight is 793 g/mol. The second-order valence-electron chi connectivity index (χ2n) is 15.7. The van der Waals surface area contributed by atoms with E-state index in [0.717, 1.165) is 44.2 Å². The van der Waals surface area contributed by atoms with Gasteiger partial charge in [0.2, 0.25) is 0 Å². The Kier molecular flexibility index (Phi) is 8.39. The third-order valence-electron chi connectivity index (χ3n) is 12.1. The molecule has 3 heteroatoms. The Balaban J connectivity index is 1.03. The molecule has 10 aromatic carbocycles. The first-order chi connectivity index (χ1) is 30.2. The molecule has 0 aliphatic rings. The zero-order valence-corrected chi connectivity index (χ0v) is 33.9. The fourth-order valence-electron chi connectivity index (χ4n) is 9.11. The Morgan fingerprint density at radius 1 is 0.279 bits per heavy atom. The van der Waals surface area contributed by atoms with Gasteiger partial charge >= 0.3 is 0 Å². The number of rotatable bonds is 6. The van der Waals surface area contributed by atoms with Crippen molar-refractivity contribution in [2.75, 3.05) is 0 Å². The summed E-state index contributed by atoms with van der Waals surface area (Å²) in [4.78, 5) is 10.4. The molecule has 0 radical (unpaired) electrons. The largest absolute Gasteiger partial charge is 0.252 e. The van der Waals surface area contributed by atoms with Crippen molar-refractivity contribution in [3.8, 4) is 66.9 Å². The molecule has 0 fully saturated rings. The van der Waals surface area contributed by atoms with E-state index in [0.29, 0.717) is 0 Å². The van der Waals surface area contributed by atoms with E-state index in [2.05, 4.69) is 212 Å². The lowest BCUT2D eigenvalue weighted by atomic mass is 9.92. The second kappa shape index (κ2) is 14.5. The van der Waals surface area contributed by atoms with Gasteiger partial charge in [-0.2, -0.15) is 0 Å². The molecule has 12 rings (SSSR count). The zero-order valence-electron chi connectivity index (χ0n) is 33.1. The van der Waals surface area contributed by atoms with Crippen molar-refractivity contribution in [1.82, 2.24) is 9.97 Å². The lowest BCUT2D eigenvalue weighted by Crippen LogP contribution is -1.92. The van der Waals surface area contributed by atoms with Crippen molar-refractivity contribution in [3.63, 3.8) is 0 Å². The number of aromatic nitrogens is 2. The van der Waals surface area contributed by atoms with Crippen molar-refractivity contribution >= 4 is 64.1 Å². The van der Waals surface area contributed by atoms with Gasteiger partial charge in [-0.3, -0.25) is 4.98 Å². The van der Waals surface area contributed by atoms with Crippen molar-refractivity contribution in [1.29, 1.82) is 0 Å². The molecule has 0 saturated heterocycles. The van der Waals surface area contributed by atoms with Crippen LogP contribution in [0.5, 0.6) is 0 Å². The standard InChI is InChI=1S/C58H36N2S/c1-4-16-37(17-5-1)44-32-50(39-20-8-3-9-21-39)57-52(34-44)53-35-45(38-18-6-2-7-19-38)33-51(58(53)61-57)42-24-14-22-40(30-42)41-23-15-25-43(31-41)54-36-59-55-48-28-12-10-26-46(48)47-27-11-13-29-49(47)56(55)60-54/h1-36H. The van der Waals surface area contributed by atoms with Gasteiger partial charge in [0, 0.05) is 47.6 Å². The fraction of sp³-hybridized carbons (Fsp3) is 0. The first kappa shape index (κ1) is 35.2. The number of hydrogen-bond acceptors (Lipinski definition) is 3. The van der Waals surface area contributed by atoms with Crippen LogP contribution in [0.15, 0.2) is 219 Å². The van der Waals surface area contributed by atoms with E-state index in [4.69, 9.17) is 9.97 Å². The van der Waals surface area contributed by atoms with E-state index in [9.17, 15) is 0 Å². The number of fused-ring (bicyclic) bond motifs is 9. The summed E-state index contributed by atoms with van der Waals surface area (Å²) in [5, 5.41) is 7.18. The molecule has 2 heterocycles. The molecular formula is C58H36N2S. The van der Waals surface area contributed by atoms with E-state index in [1.54, 1.807) is 0 Å². The first-order valence-corrected chi connectivity index (χ1v) is 21.5. The van der Waals surface area contributed by atoms with Gasteiger partial charge in [-0.1, -0.05) is 176 Å². The van der Waals surface area contributed by atoms with Crippen LogP contribution >= 0.6 is 11.3 Å². The molecular weight excluding hydrogens is 757 g/mol. The summed E-state index contributed by atoms with van der Waals surface area (Å²) in [7, 11) is 0. The second-order valence-corrected chi connectivity index (χ2v) is 16.7. The normalized spacial score (nSPS) is 11.6. The molecule has 0 amide bonds. The molecule has 0 N–H and O–H groups in total. The maximum Gasteiger partial charge on any atom is 0.0979 e. The van der Waals surface area contributed by atoms with Crippen LogP contribution in [0.25, 0.3) is 120 Å². The summed E-state index contributed by atoms with van der Waals surface area (Å²) in [6.07, 6.45) is 1.93. The molecule has 2 aromatic heterocycles. The van der Waals surface area contributed by atoms with Gasteiger partial charge < -0.3 is 0 Å². The molecule has 0 aliphatic carbocycles. The average Bonchev–Trinajstić information content (AvgIpc) is 3.73. The van der Waals surface area contributed by atoms with Crippen molar-refractivity contribution in [3.05, 3.63) is 219 Å². The van der Waals surface area contributed by atoms with Crippen LogP contribution in [-0.4, -0.2) is 9.97 Å². The van der Waals surface area contributed by atoms with Gasteiger partial charge in [-0.25, -0.2) is 4.98 Å². The molecule has 0 saturated carbocycles. The molecule has 0 spiro atoms. The number of benzene rings is 10. The Morgan fingerprint density at radius 3 is 1.28 bits per heavy atom. The quantitative estimate of drug-likeness (QED) is 0.157. The molecule has 0 atom stereocenters. The molecule has 12 aromatic rings.